The minimum absolute atomic E-state index is 0.0314. The first-order chi connectivity index (χ1) is 7.09. The van der Waals surface area contributed by atoms with Crippen LogP contribution in [-0.4, -0.2) is 39.1 Å². The molecule has 0 radical (unpaired) electrons. The quantitative estimate of drug-likeness (QED) is 0.730. The van der Waals surface area contributed by atoms with Crippen molar-refractivity contribution in [1.29, 1.82) is 0 Å². The van der Waals surface area contributed by atoms with Crippen LogP contribution in [0.5, 0.6) is 0 Å². The maximum Gasteiger partial charge on any atom is 0.303 e. The topological polar surface area (TPSA) is 86.3 Å². The van der Waals surface area contributed by atoms with Crippen molar-refractivity contribution in [3.63, 3.8) is 0 Å². The summed E-state index contributed by atoms with van der Waals surface area (Å²) >= 11 is 0. The lowest BCUT2D eigenvalue weighted by atomic mass is 10.2. The number of hydrogen-bond acceptors (Lipinski definition) is 3. The standard InChI is InChI=1S/C9H13N3O3/c1-12(6-7-4-10-11-5-7)8(13)2-3-9(14)15/h4-5H,2-3,6H2,1H3,(H,10,11)(H,14,15). The van der Waals surface area contributed by atoms with Crippen molar-refractivity contribution in [3.8, 4) is 0 Å². The van der Waals surface area contributed by atoms with E-state index >= 15 is 0 Å². The van der Waals surface area contributed by atoms with Crippen molar-refractivity contribution < 1.29 is 14.7 Å². The van der Waals surface area contributed by atoms with Gasteiger partial charge in [0.2, 0.25) is 5.91 Å². The zero-order chi connectivity index (χ0) is 11.3. The van der Waals surface area contributed by atoms with Gasteiger partial charge in [0.05, 0.1) is 12.6 Å². The largest absolute Gasteiger partial charge is 0.481 e. The van der Waals surface area contributed by atoms with Crippen molar-refractivity contribution >= 4 is 11.9 Å². The van der Waals surface area contributed by atoms with Crippen LogP contribution in [0, 0.1) is 0 Å². The Balaban J connectivity index is 2.36. The number of rotatable bonds is 5. The lowest BCUT2D eigenvalue weighted by Crippen LogP contribution is -2.26. The van der Waals surface area contributed by atoms with Crippen LogP contribution in [0.15, 0.2) is 12.4 Å². The van der Waals surface area contributed by atoms with Gasteiger partial charge >= 0.3 is 5.97 Å². The van der Waals surface area contributed by atoms with Crippen molar-refractivity contribution in [2.75, 3.05) is 7.05 Å². The van der Waals surface area contributed by atoms with Crippen LogP contribution in [0.4, 0.5) is 0 Å². The van der Waals surface area contributed by atoms with Gasteiger partial charge in [-0.3, -0.25) is 14.7 Å². The molecule has 0 aliphatic heterocycles. The number of H-pyrrole nitrogens is 1. The molecule has 0 aliphatic carbocycles. The van der Waals surface area contributed by atoms with Gasteiger partial charge in [-0.15, -0.1) is 0 Å². The molecule has 0 atom stereocenters. The Morgan fingerprint density at radius 2 is 2.27 bits per heavy atom. The normalized spacial score (nSPS) is 9.93. The number of nitrogens with one attached hydrogen (secondary N) is 1. The lowest BCUT2D eigenvalue weighted by Gasteiger charge is -2.15. The molecule has 6 nitrogen and oxygen atoms in total. The van der Waals surface area contributed by atoms with Crippen LogP contribution in [-0.2, 0) is 16.1 Å². The molecule has 1 rings (SSSR count). The summed E-state index contributed by atoms with van der Waals surface area (Å²) in [4.78, 5) is 23.1. The fourth-order valence-electron chi connectivity index (χ4n) is 1.13. The molecule has 1 amide bonds. The van der Waals surface area contributed by atoms with Gasteiger partial charge in [0.25, 0.3) is 0 Å². The molecule has 0 fully saturated rings. The van der Waals surface area contributed by atoms with Crippen LogP contribution in [0.3, 0.4) is 0 Å². The molecule has 1 aromatic rings. The lowest BCUT2D eigenvalue weighted by molar-refractivity contribution is -0.140. The number of aromatic amines is 1. The molecule has 0 bridgehead atoms. The Labute approximate surface area is 86.9 Å². The van der Waals surface area contributed by atoms with Crippen LogP contribution >= 0.6 is 0 Å². The van der Waals surface area contributed by atoms with Gasteiger partial charge in [0, 0.05) is 31.8 Å². The number of carbonyl (C=O) groups excluding carboxylic acids is 1. The average molecular weight is 211 g/mol. The fraction of sp³-hybridized carbons (Fsp3) is 0.444. The number of carboxylic acids is 1. The highest BCUT2D eigenvalue weighted by Crippen LogP contribution is 2.02. The summed E-state index contributed by atoms with van der Waals surface area (Å²) in [6.45, 7) is 0.439. The third-order valence-electron chi connectivity index (χ3n) is 1.95. The molecule has 0 spiro atoms. The highest BCUT2D eigenvalue weighted by Gasteiger charge is 2.11. The smallest absolute Gasteiger partial charge is 0.303 e. The first-order valence-electron chi connectivity index (χ1n) is 4.53. The zero-order valence-electron chi connectivity index (χ0n) is 8.43. The van der Waals surface area contributed by atoms with Crippen molar-refractivity contribution in [1.82, 2.24) is 15.1 Å². The minimum Gasteiger partial charge on any atom is -0.481 e. The van der Waals surface area contributed by atoms with Crippen LogP contribution < -0.4 is 0 Å². The molecule has 6 heteroatoms. The SMILES string of the molecule is CN(Cc1cn[nH]c1)C(=O)CCC(=O)O. The highest BCUT2D eigenvalue weighted by atomic mass is 16.4. The minimum atomic E-state index is -0.958. The van der Waals surface area contributed by atoms with E-state index in [9.17, 15) is 9.59 Å². The zero-order valence-corrected chi connectivity index (χ0v) is 8.43. The Morgan fingerprint density at radius 3 is 2.80 bits per heavy atom. The van der Waals surface area contributed by atoms with Gasteiger partial charge in [0.15, 0.2) is 0 Å². The van der Waals surface area contributed by atoms with Crippen molar-refractivity contribution in [2.24, 2.45) is 0 Å². The maximum atomic E-state index is 11.4. The molecule has 0 saturated heterocycles. The van der Waals surface area contributed by atoms with Gasteiger partial charge in [-0.1, -0.05) is 0 Å². The molecule has 0 aromatic carbocycles. The average Bonchev–Trinajstić information content (AvgIpc) is 2.66. The van der Waals surface area contributed by atoms with Crippen molar-refractivity contribution in [3.05, 3.63) is 18.0 Å². The summed E-state index contributed by atoms with van der Waals surface area (Å²) in [6, 6.07) is 0. The summed E-state index contributed by atoms with van der Waals surface area (Å²) in [5, 5.41) is 14.8. The van der Waals surface area contributed by atoms with E-state index in [1.807, 2.05) is 0 Å². The summed E-state index contributed by atoms with van der Waals surface area (Å²) in [6.07, 6.45) is 3.22. The van der Waals surface area contributed by atoms with Crippen molar-refractivity contribution in [2.45, 2.75) is 19.4 Å². The Bertz CT molecular complexity index is 334. The summed E-state index contributed by atoms with van der Waals surface area (Å²) in [5.74, 6) is -1.14. The maximum absolute atomic E-state index is 11.4. The van der Waals surface area contributed by atoms with Gasteiger partial charge in [-0.2, -0.15) is 5.10 Å². The molecular formula is C9H13N3O3. The molecule has 2 N–H and O–H groups in total. The molecule has 0 unspecified atom stereocenters. The predicted octanol–water partition coefficient (Wildman–Crippen LogP) is 0.233. The van der Waals surface area contributed by atoms with Gasteiger partial charge < -0.3 is 10.0 Å². The van der Waals surface area contributed by atoms with Crippen LogP contribution in [0.1, 0.15) is 18.4 Å². The Kier molecular flexibility index (Phi) is 3.84. The second kappa shape index (κ2) is 5.14. The van der Waals surface area contributed by atoms with Gasteiger partial charge in [-0.25, -0.2) is 0 Å². The molecule has 1 heterocycles. The highest BCUT2D eigenvalue weighted by molar-refractivity contribution is 5.80. The first-order valence-corrected chi connectivity index (χ1v) is 4.53. The van der Waals surface area contributed by atoms with Gasteiger partial charge in [-0.05, 0) is 0 Å². The molecule has 0 aliphatic rings. The third-order valence-corrected chi connectivity index (χ3v) is 1.95. The number of aliphatic carboxylic acids is 1. The number of aromatic nitrogens is 2. The van der Waals surface area contributed by atoms with E-state index < -0.39 is 5.97 Å². The predicted molar refractivity (Wildman–Crippen MR) is 51.9 cm³/mol. The van der Waals surface area contributed by atoms with E-state index in [2.05, 4.69) is 10.2 Å². The Hall–Kier alpha value is -1.85. The summed E-state index contributed by atoms with van der Waals surface area (Å²) < 4.78 is 0. The number of carboxylic acid groups (broad SMARTS) is 1. The van der Waals surface area contributed by atoms with E-state index in [0.29, 0.717) is 6.54 Å². The first kappa shape index (κ1) is 11.2. The Morgan fingerprint density at radius 1 is 1.53 bits per heavy atom. The number of hydrogen-bond donors (Lipinski definition) is 2. The third kappa shape index (κ3) is 3.80. The summed E-state index contributed by atoms with van der Waals surface area (Å²) in [7, 11) is 1.64. The molecule has 15 heavy (non-hydrogen) atoms. The second-order valence-corrected chi connectivity index (χ2v) is 3.25. The monoisotopic (exact) mass is 211 g/mol. The molecule has 1 aromatic heterocycles. The number of amides is 1. The summed E-state index contributed by atoms with van der Waals surface area (Å²) in [5.41, 5.74) is 0.890. The molecular weight excluding hydrogens is 198 g/mol. The number of nitrogens with zero attached hydrogens (tertiary/aromatic N) is 2. The van der Waals surface area contributed by atoms with Crippen LogP contribution in [0.25, 0.3) is 0 Å². The van der Waals surface area contributed by atoms with E-state index in [0.717, 1.165) is 5.56 Å². The van der Waals surface area contributed by atoms with Crippen LogP contribution in [0.2, 0.25) is 0 Å². The van der Waals surface area contributed by atoms with Gasteiger partial charge in [0.1, 0.15) is 0 Å². The van der Waals surface area contributed by atoms with E-state index in [1.165, 1.54) is 4.90 Å². The molecule has 82 valence electrons. The van der Waals surface area contributed by atoms with E-state index in [-0.39, 0.29) is 18.7 Å². The second-order valence-electron chi connectivity index (χ2n) is 3.25. The fourth-order valence-corrected chi connectivity index (χ4v) is 1.13. The molecule has 0 saturated carbocycles. The van der Waals surface area contributed by atoms with E-state index in [4.69, 9.17) is 5.11 Å². The van der Waals surface area contributed by atoms with E-state index in [1.54, 1.807) is 19.4 Å². The number of carbonyl (C=O) groups is 2.